The molecule has 0 radical (unpaired) electrons. The van der Waals surface area contributed by atoms with Crippen molar-refractivity contribution in [1.82, 2.24) is 0 Å². The largest absolute Gasteiger partial charge is 0.477 e. The van der Waals surface area contributed by atoms with Gasteiger partial charge in [0.05, 0.1) is 4.88 Å². The van der Waals surface area contributed by atoms with Crippen LogP contribution in [0.5, 0.6) is 0 Å². The molecule has 19 heavy (non-hydrogen) atoms. The number of benzene rings is 1. The van der Waals surface area contributed by atoms with Crippen LogP contribution >= 0.6 is 11.3 Å². The number of carbonyl (C=O) groups is 2. The lowest BCUT2D eigenvalue weighted by molar-refractivity contribution is 0.0702. The molecule has 98 valence electrons. The van der Waals surface area contributed by atoms with E-state index in [1.165, 1.54) is 6.07 Å². The number of carboxylic acids is 1. The standard InChI is InChI=1S/C14H13NO3S/c1-2-15(10-6-4-3-5-7-10)13(16)11-8-9-12(19-11)14(17)18/h3-9H,2H2,1H3,(H,17,18). The number of thiophene rings is 1. The molecule has 1 aromatic heterocycles. The van der Waals surface area contributed by atoms with Crippen LogP contribution in [0.15, 0.2) is 42.5 Å². The molecule has 1 heterocycles. The van der Waals surface area contributed by atoms with Gasteiger partial charge in [-0.25, -0.2) is 4.79 Å². The van der Waals surface area contributed by atoms with Gasteiger partial charge in [0.25, 0.3) is 5.91 Å². The fourth-order valence-electron chi connectivity index (χ4n) is 1.75. The van der Waals surface area contributed by atoms with Crippen LogP contribution in [0.4, 0.5) is 5.69 Å². The zero-order valence-corrected chi connectivity index (χ0v) is 11.2. The monoisotopic (exact) mass is 275 g/mol. The summed E-state index contributed by atoms with van der Waals surface area (Å²) in [6, 6.07) is 12.3. The fraction of sp³-hybridized carbons (Fsp3) is 0.143. The van der Waals surface area contributed by atoms with Gasteiger partial charge in [-0.15, -0.1) is 11.3 Å². The first-order valence-electron chi connectivity index (χ1n) is 5.83. The highest BCUT2D eigenvalue weighted by atomic mass is 32.1. The minimum atomic E-state index is -1.01. The number of nitrogens with zero attached hydrogens (tertiary/aromatic N) is 1. The quantitative estimate of drug-likeness (QED) is 0.932. The Hall–Kier alpha value is -2.14. The third-order valence-electron chi connectivity index (χ3n) is 2.66. The summed E-state index contributed by atoms with van der Waals surface area (Å²) in [6.07, 6.45) is 0. The number of anilines is 1. The van der Waals surface area contributed by atoms with E-state index >= 15 is 0 Å². The smallest absolute Gasteiger partial charge is 0.345 e. The van der Waals surface area contributed by atoms with Crippen LogP contribution in [-0.2, 0) is 0 Å². The number of rotatable bonds is 4. The second kappa shape index (κ2) is 5.67. The van der Waals surface area contributed by atoms with Crippen molar-refractivity contribution in [3.8, 4) is 0 Å². The summed E-state index contributed by atoms with van der Waals surface area (Å²) < 4.78 is 0. The normalized spacial score (nSPS) is 10.2. The topological polar surface area (TPSA) is 57.6 Å². The zero-order valence-electron chi connectivity index (χ0n) is 10.4. The molecule has 0 atom stereocenters. The SMILES string of the molecule is CCN(C(=O)c1ccc(C(=O)O)s1)c1ccccc1. The summed E-state index contributed by atoms with van der Waals surface area (Å²) in [5.41, 5.74) is 0.806. The molecule has 2 aromatic rings. The van der Waals surface area contributed by atoms with Crippen LogP contribution in [-0.4, -0.2) is 23.5 Å². The lowest BCUT2D eigenvalue weighted by atomic mass is 10.2. The first kappa shape index (κ1) is 13.3. The average molecular weight is 275 g/mol. The van der Waals surface area contributed by atoms with E-state index in [1.54, 1.807) is 11.0 Å². The van der Waals surface area contributed by atoms with Gasteiger partial charge in [0.1, 0.15) is 4.88 Å². The molecule has 0 fully saturated rings. The van der Waals surface area contributed by atoms with Crippen molar-refractivity contribution >= 4 is 28.9 Å². The molecule has 1 amide bonds. The Bertz CT molecular complexity index is 592. The third kappa shape index (κ3) is 2.82. The number of carboxylic acid groups (broad SMARTS) is 1. The highest BCUT2D eigenvalue weighted by Gasteiger charge is 2.19. The number of amides is 1. The minimum absolute atomic E-state index is 0.174. The Labute approximate surface area is 114 Å². The van der Waals surface area contributed by atoms with Gasteiger partial charge in [-0.1, -0.05) is 18.2 Å². The minimum Gasteiger partial charge on any atom is -0.477 e. The van der Waals surface area contributed by atoms with E-state index in [4.69, 9.17) is 5.11 Å². The first-order valence-corrected chi connectivity index (χ1v) is 6.65. The molecule has 0 aliphatic carbocycles. The maximum atomic E-state index is 12.4. The number of hydrogen-bond donors (Lipinski definition) is 1. The molecule has 0 aliphatic heterocycles. The van der Waals surface area contributed by atoms with Crippen LogP contribution in [0.1, 0.15) is 26.3 Å². The lowest BCUT2D eigenvalue weighted by Gasteiger charge is -2.20. The van der Waals surface area contributed by atoms with Crippen LogP contribution in [0.3, 0.4) is 0 Å². The van der Waals surface area contributed by atoms with Crippen LogP contribution in [0.25, 0.3) is 0 Å². The maximum absolute atomic E-state index is 12.4. The predicted molar refractivity (Wildman–Crippen MR) is 75.1 cm³/mol. The van der Waals surface area contributed by atoms with Gasteiger partial charge in [0.2, 0.25) is 0 Å². The Balaban J connectivity index is 2.28. The van der Waals surface area contributed by atoms with Crippen LogP contribution < -0.4 is 4.90 Å². The van der Waals surface area contributed by atoms with E-state index in [2.05, 4.69) is 0 Å². The van der Waals surface area contributed by atoms with Gasteiger partial charge >= 0.3 is 5.97 Å². The molecule has 0 unspecified atom stereocenters. The van der Waals surface area contributed by atoms with Crippen molar-refractivity contribution in [2.24, 2.45) is 0 Å². The highest BCUT2D eigenvalue weighted by molar-refractivity contribution is 7.16. The van der Waals surface area contributed by atoms with E-state index < -0.39 is 5.97 Å². The molecule has 1 N–H and O–H groups in total. The fourth-order valence-corrected chi connectivity index (χ4v) is 2.55. The summed E-state index contributed by atoms with van der Waals surface area (Å²) in [5.74, 6) is -1.18. The number of para-hydroxylation sites is 1. The summed E-state index contributed by atoms with van der Waals surface area (Å²) in [4.78, 5) is 25.4. The molecule has 0 spiro atoms. The van der Waals surface area contributed by atoms with Crippen molar-refractivity contribution in [3.05, 3.63) is 52.2 Å². The molecule has 0 saturated carbocycles. The van der Waals surface area contributed by atoms with Crippen molar-refractivity contribution in [1.29, 1.82) is 0 Å². The van der Waals surface area contributed by atoms with E-state index in [9.17, 15) is 9.59 Å². The predicted octanol–water partition coefficient (Wildman–Crippen LogP) is 3.11. The van der Waals surface area contributed by atoms with Gasteiger partial charge in [0, 0.05) is 12.2 Å². The molecule has 5 heteroatoms. The average Bonchev–Trinajstić information content (AvgIpc) is 2.90. The Morgan fingerprint density at radius 1 is 1.11 bits per heavy atom. The molecule has 0 aliphatic rings. The summed E-state index contributed by atoms with van der Waals surface area (Å²) in [5, 5.41) is 8.88. The van der Waals surface area contributed by atoms with Crippen molar-refractivity contribution < 1.29 is 14.7 Å². The van der Waals surface area contributed by atoms with E-state index in [0.29, 0.717) is 11.4 Å². The van der Waals surface area contributed by atoms with Crippen molar-refractivity contribution in [2.45, 2.75) is 6.92 Å². The zero-order chi connectivity index (χ0) is 13.8. The van der Waals surface area contributed by atoms with Crippen LogP contribution in [0.2, 0.25) is 0 Å². The molecule has 1 aromatic carbocycles. The second-order valence-corrected chi connectivity index (χ2v) is 4.94. The molecule has 4 nitrogen and oxygen atoms in total. The Kier molecular flexibility index (Phi) is 3.97. The lowest BCUT2D eigenvalue weighted by Crippen LogP contribution is -2.29. The van der Waals surface area contributed by atoms with Gasteiger partial charge in [-0.2, -0.15) is 0 Å². The van der Waals surface area contributed by atoms with Crippen molar-refractivity contribution in [2.75, 3.05) is 11.4 Å². The number of carbonyl (C=O) groups excluding carboxylic acids is 1. The van der Waals surface area contributed by atoms with Crippen molar-refractivity contribution in [3.63, 3.8) is 0 Å². The molecular formula is C14H13NO3S. The molecular weight excluding hydrogens is 262 g/mol. The van der Waals surface area contributed by atoms with Crippen LogP contribution in [0, 0.1) is 0 Å². The van der Waals surface area contributed by atoms with Gasteiger partial charge < -0.3 is 10.0 Å². The number of hydrogen-bond acceptors (Lipinski definition) is 3. The summed E-state index contributed by atoms with van der Waals surface area (Å²) in [7, 11) is 0. The maximum Gasteiger partial charge on any atom is 0.345 e. The molecule has 0 bridgehead atoms. The van der Waals surface area contributed by atoms with E-state index in [-0.39, 0.29) is 10.8 Å². The first-order chi connectivity index (χ1) is 9.13. The molecule has 2 rings (SSSR count). The third-order valence-corrected chi connectivity index (χ3v) is 3.72. The van der Waals surface area contributed by atoms with Gasteiger partial charge in [-0.3, -0.25) is 4.79 Å². The Morgan fingerprint density at radius 2 is 1.74 bits per heavy atom. The number of aromatic carboxylic acids is 1. The summed E-state index contributed by atoms with van der Waals surface area (Å²) >= 11 is 0.997. The summed E-state index contributed by atoms with van der Waals surface area (Å²) in [6.45, 7) is 2.42. The van der Waals surface area contributed by atoms with Gasteiger partial charge in [0.15, 0.2) is 0 Å². The molecule has 0 saturated heterocycles. The second-order valence-electron chi connectivity index (χ2n) is 3.85. The Morgan fingerprint density at radius 3 is 2.26 bits per heavy atom. The van der Waals surface area contributed by atoms with Gasteiger partial charge in [-0.05, 0) is 31.2 Å². The van der Waals surface area contributed by atoms with E-state index in [0.717, 1.165) is 17.0 Å². The van der Waals surface area contributed by atoms with E-state index in [1.807, 2.05) is 37.3 Å². The highest BCUT2D eigenvalue weighted by Crippen LogP contribution is 2.22.